The maximum atomic E-state index is 6.12. The minimum absolute atomic E-state index is 0.905. The molecule has 0 spiro atoms. The molecule has 57 heavy (non-hydrogen) atoms. The molecule has 0 bridgehead atoms. The van der Waals surface area contributed by atoms with Crippen LogP contribution in [-0.4, -0.2) is 4.57 Å². The Hall–Kier alpha value is -7.62. The first-order valence-corrected chi connectivity index (χ1v) is 19.4. The molecule has 0 N–H and O–H groups in total. The fraction of sp³-hybridized carbons (Fsp3) is 0. The molecule has 0 amide bonds. The van der Waals surface area contributed by atoms with Crippen molar-refractivity contribution >= 4 is 60.8 Å². The first kappa shape index (κ1) is 32.8. The van der Waals surface area contributed by atoms with Crippen molar-refractivity contribution in [2.75, 3.05) is 4.90 Å². The summed E-state index contributed by atoms with van der Waals surface area (Å²) in [5.41, 5.74) is 15.6. The van der Waals surface area contributed by atoms with E-state index in [-0.39, 0.29) is 0 Å². The van der Waals surface area contributed by atoms with E-state index in [9.17, 15) is 0 Å². The monoisotopic (exact) mass is 728 g/mol. The van der Waals surface area contributed by atoms with Crippen LogP contribution in [-0.2, 0) is 0 Å². The van der Waals surface area contributed by atoms with Crippen LogP contribution in [0.25, 0.3) is 82.8 Å². The number of anilines is 3. The van der Waals surface area contributed by atoms with Gasteiger partial charge in [-0.2, -0.15) is 0 Å². The molecule has 0 aliphatic rings. The zero-order valence-corrected chi connectivity index (χ0v) is 31.1. The van der Waals surface area contributed by atoms with Crippen molar-refractivity contribution < 1.29 is 4.42 Å². The predicted molar refractivity (Wildman–Crippen MR) is 239 cm³/mol. The summed E-state index contributed by atoms with van der Waals surface area (Å²) in [6.45, 7) is 0. The third-order valence-electron chi connectivity index (χ3n) is 11.2. The number of rotatable bonds is 7. The zero-order chi connectivity index (χ0) is 37.7. The molecule has 0 fully saturated rings. The smallest absolute Gasteiger partial charge is 0.135 e. The summed E-state index contributed by atoms with van der Waals surface area (Å²) in [5.74, 6) is 0. The quantitative estimate of drug-likeness (QED) is 0.163. The minimum atomic E-state index is 0.905. The maximum absolute atomic E-state index is 6.12. The number of hydrogen-bond donors (Lipinski definition) is 0. The molecule has 0 radical (unpaired) electrons. The normalized spacial score (nSPS) is 11.5. The molecule has 11 aromatic rings. The van der Waals surface area contributed by atoms with Gasteiger partial charge in [0.2, 0.25) is 0 Å². The molecular weight excluding hydrogens is 693 g/mol. The van der Waals surface area contributed by atoms with Crippen LogP contribution >= 0.6 is 0 Å². The van der Waals surface area contributed by atoms with E-state index in [1.54, 1.807) is 0 Å². The highest BCUT2D eigenvalue weighted by molar-refractivity contribution is 6.09. The van der Waals surface area contributed by atoms with Crippen LogP contribution in [0.2, 0.25) is 0 Å². The Morgan fingerprint density at radius 3 is 1.49 bits per heavy atom. The van der Waals surface area contributed by atoms with Crippen LogP contribution in [0.4, 0.5) is 17.1 Å². The second-order valence-corrected chi connectivity index (χ2v) is 14.6. The molecule has 11 rings (SSSR count). The van der Waals surface area contributed by atoms with Gasteiger partial charge >= 0.3 is 0 Å². The van der Waals surface area contributed by atoms with E-state index in [4.69, 9.17) is 4.42 Å². The Balaban J connectivity index is 0.998. The van der Waals surface area contributed by atoms with Gasteiger partial charge in [-0.15, -0.1) is 0 Å². The Morgan fingerprint density at radius 1 is 0.298 bits per heavy atom. The molecular formula is C54H36N2O. The maximum Gasteiger partial charge on any atom is 0.135 e. The lowest BCUT2D eigenvalue weighted by Crippen LogP contribution is -2.10. The number of hydrogen-bond acceptors (Lipinski definition) is 2. The number of nitrogens with zero attached hydrogens (tertiary/aromatic N) is 2. The zero-order valence-electron chi connectivity index (χ0n) is 31.1. The van der Waals surface area contributed by atoms with Crippen LogP contribution in [0.3, 0.4) is 0 Å². The van der Waals surface area contributed by atoms with Crippen molar-refractivity contribution in [2.24, 2.45) is 0 Å². The summed E-state index contributed by atoms with van der Waals surface area (Å²) in [7, 11) is 0. The van der Waals surface area contributed by atoms with Gasteiger partial charge in [-0.3, -0.25) is 0 Å². The molecule has 2 aromatic heterocycles. The highest BCUT2D eigenvalue weighted by Gasteiger charge is 2.17. The Morgan fingerprint density at radius 2 is 0.789 bits per heavy atom. The molecule has 2 heterocycles. The van der Waals surface area contributed by atoms with Crippen molar-refractivity contribution in [2.45, 2.75) is 0 Å². The highest BCUT2D eigenvalue weighted by Crippen LogP contribution is 2.40. The Labute approximate surface area is 330 Å². The molecule has 0 aliphatic carbocycles. The topological polar surface area (TPSA) is 21.3 Å². The first-order valence-electron chi connectivity index (χ1n) is 19.4. The van der Waals surface area contributed by atoms with E-state index in [1.165, 1.54) is 32.9 Å². The first-order chi connectivity index (χ1) is 28.2. The average Bonchev–Trinajstić information content (AvgIpc) is 3.83. The fourth-order valence-corrected chi connectivity index (χ4v) is 8.44. The van der Waals surface area contributed by atoms with Gasteiger partial charge < -0.3 is 13.9 Å². The summed E-state index contributed by atoms with van der Waals surface area (Å²) in [5, 5.41) is 4.79. The van der Waals surface area contributed by atoms with Crippen molar-refractivity contribution in [1.82, 2.24) is 4.57 Å². The molecule has 0 saturated heterocycles. The third kappa shape index (κ3) is 5.76. The molecule has 0 unspecified atom stereocenters. The number of furan rings is 1. The number of aromatic nitrogens is 1. The lowest BCUT2D eigenvalue weighted by molar-refractivity contribution is 0.669. The fourth-order valence-electron chi connectivity index (χ4n) is 8.44. The van der Waals surface area contributed by atoms with Gasteiger partial charge in [-0.05, 0) is 112 Å². The Bertz CT molecular complexity index is 3170. The largest absolute Gasteiger partial charge is 0.456 e. The summed E-state index contributed by atoms with van der Waals surface area (Å²) >= 11 is 0. The third-order valence-corrected chi connectivity index (χ3v) is 11.2. The van der Waals surface area contributed by atoms with Crippen LogP contribution in [0.5, 0.6) is 0 Å². The van der Waals surface area contributed by atoms with E-state index >= 15 is 0 Å². The van der Waals surface area contributed by atoms with Crippen molar-refractivity contribution in [3.63, 3.8) is 0 Å². The van der Waals surface area contributed by atoms with Gasteiger partial charge in [-0.1, -0.05) is 140 Å². The molecule has 3 heteroatoms. The SMILES string of the molecule is c1ccc(-c2ccc(N(c3ccc(-c4ccc5oc6ccccc6c5c4)cc3)c3cccc(-c4cccc(-n5c6ccccc6c6ccccc65)c4)c3)cc2)cc1. The van der Waals surface area contributed by atoms with Gasteiger partial charge in [0.15, 0.2) is 0 Å². The second kappa shape index (κ2) is 13.6. The van der Waals surface area contributed by atoms with Gasteiger partial charge in [0.25, 0.3) is 0 Å². The minimum Gasteiger partial charge on any atom is -0.456 e. The standard InChI is InChI=1S/C54H36N2O/c1-2-12-37(13-3-1)38-24-29-43(30-25-38)55(44-31-26-39(27-32-44)42-28-33-54-50(36-42)49-20-6-9-23-53(49)57-54)45-16-10-14-40(34-45)41-15-11-17-46(35-41)56-51-21-7-4-18-47(51)48-19-5-8-22-52(48)56/h1-36H. The van der Waals surface area contributed by atoms with Crippen molar-refractivity contribution in [3.8, 4) is 39.1 Å². The second-order valence-electron chi connectivity index (χ2n) is 14.6. The van der Waals surface area contributed by atoms with Crippen LogP contribution in [0.15, 0.2) is 223 Å². The summed E-state index contributed by atoms with van der Waals surface area (Å²) in [6, 6.07) is 78.2. The predicted octanol–water partition coefficient (Wildman–Crippen LogP) is 15.2. The van der Waals surface area contributed by atoms with Gasteiger partial charge in [0.1, 0.15) is 11.2 Å². The van der Waals surface area contributed by atoms with E-state index < -0.39 is 0 Å². The molecule has 0 atom stereocenters. The summed E-state index contributed by atoms with van der Waals surface area (Å²) in [4.78, 5) is 2.35. The van der Waals surface area contributed by atoms with Crippen LogP contribution in [0.1, 0.15) is 0 Å². The van der Waals surface area contributed by atoms with Gasteiger partial charge in [-0.25, -0.2) is 0 Å². The number of fused-ring (bicyclic) bond motifs is 6. The van der Waals surface area contributed by atoms with Crippen LogP contribution < -0.4 is 4.90 Å². The molecule has 0 saturated carbocycles. The summed E-state index contributed by atoms with van der Waals surface area (Å²) < 4.78 is 8.50. The van der Waals surface area contributed by atoms with E-state index in [1.807, 2.05) is 12.1 Å². The Kier molecular flexibility index (Phi) is 7.82. The molecule has 268 valence electrons. The van der Waals surface area contributed by atoms with E-state index in [0.717, 1.165) is 66.9 Å². The number of para-hydroxylation sites is 3. The van der Waals surface area contributed by atoms with E-state index in [2.05, 4.69) is 216 Å². The lowest BCUT2D eigenvalue weighted by Gasteiger charge is -2.26. The molecule has 3 nitrogen and oxygen atoms in total. The van der Waals surface area contributed by atoms with Gasteiger partial charge in [0.05, 0.1) is 11.0 Å². The average molecular weight is 729 g/mol. The van der Waals surface area contributed by atoms with E-state index in [0.29, 0.717) is 0 Å². The summed E-state index contributed by atoms with van der Waals surface area (Å²) in [6.07, 6.45) is 0. The molecule has 9 aromatic carbocycles. The van der Waals surface area contributed by atoms with Gasteiger partial charge in [0, 0.05) is 44.3 Å². The highest BCUT2D eigenvalue weighted by atomic mass is 16.3. The van der Waals surface area contributed by atoms with Crippen molar-refractivity contribution in [3.05, 3.63) is 218 Å². The molecule has 0 aliphatic heterocycles. The lowest BCUT2D eigenvalue weighted by atomic mass is 10.0. The number of benzene rings is 9. The van der Waals surface area contributed by atoms with Crippen molar-refractivity contribution in [1.29, 1.82) is 0 Å². The van der Waals surface area contributed by atoms with Crippen LogP contribution in [0, 0.1) is 0 Å².